The van der Waals surface area contributed by atoms with Crippen LogP contribution in [0.15, 0.2) is 48.5 Å². The van der Waals surface area contributed by atoms with Crippen molar-refractivity contribution in [2.75, 3.05) is 11.9 Å². The Labute approximate surface area is 151 Å². The van der Waals surface area contributed by atoms with Crippen molar-refractivity contribution < 1.29 is 22.0 Å². The lowest BCUT2D eigenvalue weighted by Gasteiger charge is -2.12. The van der Waals surface area contributed by atoms with E-state index in [1.165, 1.54) is 24.3 Å². The summed E-state index contributed by atoms with van der Waals surface area (Å²) in [6.07, 6.45) is 0. The summed E-state index contributed by atoms with van der Waals surface area (Å²) in [5.74, 6) is -4.55. The molecule has 0 aromatic heterocycles. The summed E-state index contributed by atoms with van der Waals surface area (Å²) in [6, 6.07) is 12.9. The van der Waals surface area contributed by atoms with Gasteiger partial charge in [-0.15, -0.1) is 0 Å². The fraction of sp³-hybridized carbons (Fsp3) is 0.278. The highest BCUT2D eigenvalue weighted by Crippen LogP contribution is 2.18. The Morgan fingerprint density at radius 2 is 1.73 bits per heavy atom. The molecule has 2 N–H and O–H groups in total. The van der Waals surface area contributed by atoms with Crippen LogP contribution in [0, 0.1) is 0 Å². The van der Waals surface area contributed by atoms with E-state index in [1.807, 2.05) is 25.1 Å². The molecular weight excluding hydrogens is 362 g/mol. The molecule has 2 aromatic rings. The fourth-order valence-corrected chi connectivity index (χ4v) is 3.08. The SMILES string of the molecule is CCNCc1ccccc1NC(=O)c1ccc(CS(=O)(=O)C(F)F)cc1. The normalized spacial score (nSPS) is 11.5. The number of nitrogens with one attached hydrogen (secondary N) is 2. The van der Waals surface area contributed by atoms with Crippen molar-refractivity contribution >= 4 is 21.4 Å². The van der Waals surface area contributed by atoms with Gasteiger partial charge in [0.2, 0.25) is 9.84 Å². The number of hydrogen-bond acceptors (Lipinski definition) is 4. The first-order valence-electron chi connectivity index (χ1n) is 8.02. The van der Waals surface area contributed by atoms with Crippen LogP contribution in [-0.2, 0) is 22.1 Å². The van der Waals surface area contributed by atoms with Gasteiger partial charge in [0.25, 0.3) is 5.91 Å². The van der Waals surface area contributed by atoms with E-state index < -0.39 is 21.3 Å². The van der Waals surface area contributed by atoms with E-state index in [4.69, 9.17) is 0 Å². The van der Waals surface area contributed by atoms with Crippen molar-refractivity contribution in [2.45, 2.75) is 25.0 Å². The summed E-state index contributed by atoms with van der Waals surface area (Å²) >= 11 is 0. The van der Waals surface area contributed by atoms with Gasteiger partial charge in [0.15, 0.2) is 0 Å². The van der Waals surface area contributed by atoms with Gasteiger partial charge in [0, 0.05) is 17.8 Å². The second-order valence-electron chi connectivity index (χ2n) is 5.66. The number of alkyl halides is 2. The highest BCUT2D eigenvalue weighted by Gasteiger charge is 2.24. The lowest BCUT2D eigenvalue weighted by Crippen LogP contribution is -2.17. The minimum absolute atomic E-state index is 0.203. The van der Waals surface area contributed by atoms with Crippen molar-refractivity contribution in [3.63, 3.8) is 0 Å². The molecule has 2 rings (SSSR count). The number of carbonyl (C=O) groups is 1. The first kappa shape index (κ1) is 20.0. The second-order valence-corrected chi connectivity index (χ2v) is 7.63. The molecule has 8 heteroatoms. The smallest absolute Gasteiger partial charge is 0.322 e. The lowest BCUT2D eigenvalue weighted by atomic mass is 10.1. The summed E-state index contributed by atoms with van der Waals surface area (Å²) in [7, 11) is -4.49. The van der Waals surface area contributed by atoms with Crippen LogP contribution in [0.1, 0.15) is 28.4 Å². The first-order valence-corrected chi connectivity index (χ1v) is 9.73. The number of sulfone groups is 1. The van der Waals surface area contributed by atoms with Gasteiger partial charge < -0.3 is 10.6 Å². The zero-order chi connectivity index (χ0) is 19.2. The molecule has 0 radical (unpaired) electrons. The van der Waals surface area contributed by atoms with Crippen LogP contribution in [0.25, 0.3) is 0 Å². The summed E-state index contributed by atoms with van der Waals surface area (Å²) in [5.41, 5.74) is 2.11. The van der Waals surface area contributed by atoms with Gasteiger partial charge in [0.1, 0.15) is 0 Å². The highest BCUT2D eigenvalue weighted by molar-refractivity contribution is 7.90. The van der Waals surface area contributed by atoms with Crippen molar-refractivity contribution in [1.29, 1.82) is 0 Å². The standard InChI is InChI=1S/C18H20F2N2O3S/c1-2-21-11-15-5-3-4-6-16(15)22-17(23)14-9-7-13(8-10-14)12-26(24,25)18(19)20/h3-10,18,21H,2,11-12H2,1H3,(H,22,23). The average Bonchev–Trinajstić information content (AvgIpc) is 2.61. The Morgan fingerprint density at radius 1 is 1.08 bits per heavy atom. The molecule has 0 heterocycles. The van der Waals surface area contributed by atoms with Crippen molar-refractivity contribution in [2.24, 2.45) is 0 Å². The second kappa shape index (κ2) is 8.86. The van der Waals surface area contributed by atoms with Gasteiger partial charge in [-0.05, 0) is 35.9 Å². The van der Waals surface area contributed by atoms with Crippen LogP contribution < -0.4 is 10.6 Å². The molecule has 0 saturated heterocycles. The number of benzene rings is 2. The number of halogens is 2. The molecule has 0 aliphatic carbocycles. The van der Waals surface area contributed by atoms with E-state index in [-0.39, 0.29) is 11.5 Å². The molecule has 0 aliphatic heterocycles. The number of amides is 1. The van der Waals surface area contributed by atoms with Gasteiger partial charge in [-0.1, -0.05) is 37.3 Å². The monoisotopic (exact) mass is 382 g/mol. The number of hydrogen-bond donors (Lipinski definition) is 2. The number of carbonyl (C=O) groups excluding carboxylic acids is 1. The van der Waals surface area contributed by atoms with Crippen LogP contribution in [0.5, 0.6) is 0 Å². The largest absolute Gasteiger partial charge is 0.337 e. The predicted octanol–water partition coefficient (Wildman–Crippen LogP) is 3.19. The maximum Gasteiger partial charge on any atom is 0.337 e. The Hall–Kier alpha value is -2.32. The Bertz CT molecular complexity index is 853. The Balaban J connectivity index is 2.09. The van der Waals surface area contributed by atoms with Gasteiger partial charge in [-0.2, -0.15) is 8.78 Å². The molecule has 0 unspecified atom stereocenters. The molecule has 2 aromatic carbocycles. The summed E-state index contributed by atoms with van der Waals surface area (Å²) < 4.78 is 47.3. The quantitative estimate of drug-likeness (QED) is 0.735. The van der Waals surface area contributed by atoms with Crippen LogP contribution in [-0.4, -0.2) is 26.6 Å². The molecule has 0 fully saturated rings. The van der Waals surface area contributed by atoms with Crippen LogP contribution in [0.4, 0.5) is 14.5 Å². The van der Waals surface area contributed by atoms with Crippen LogP contribution >= 0.6 is 0 Å². The molecule has 0 saturated carbocycles. The number of anilines is 1. The average molecular weight is 382 g/mol. The highest BCUT2D eigenvalue weighted by atomic mass is 32.2. The zero-order valence-corrected chi connectivity index (χ0v) is 15.0. The minimum atomic E-state index is -4.49. The van der Waals surface area contributed by atoms with Gasteiger partial charge >= 0.3 is 5.76 Å². The van der Waals surface area contributed by atoms with E-state index >= 15 is 0 Å². The minimum Gasteiger partial charge on any atom is -0.322 e. The van der Waals surface area contributed by atoms with E-state index in [0.717, 1.165) is 12.1 Å². The van der Waals surface area contributed by atoms with E-state index in [1.54, 1.807) is 6.07 Å². The van der Waals surface area contributed by atoms with Crippen molar-refractivity contribution in [3.05, 3.63) is 65.2 Å². The number of rotatable bonds is 8. The third kappa shape index (κ3) is 5.34. The lowest BCUT2D eigenvalue weighted by molar-refractivity contribution is 0.102. The van der Waals surface area contributed by atoms with Crippen LogP contribution in [0.2, 0.25) is 0 Å². The molecule has 0 atom stereocenters. The third-order valence-corrected chi connectivity index (χ3v) is 4.97. The summed E-state index contributed by atoms with van der Waals surface area (Å²) in [5, 5.41) is 5.99. The first-order chi connectivity index (χ1) is 12.3. The van der Waals surface area contributed by atoms with Crippen molar-refractivity contribution in [1.82, 2.24) is 5.32 Å². The number of para-hydroxylation sites is 1. The van der Waals surface area contributed by atoms with Gasteiger partial charge in [0.05, 0.1) is 5.75 Å². The van der Waals surface area contributed by atoms with Crippen LogP contribution in [0.3, 0.4) is 0 Å². The molecule has 0 aliphatic rings. The maximum atomic E-state index is 12.4. The zero-order valence-electron chi connectivity index (χ0n) is 14.2. The Kier molecular flexibility index (Phi) is 6.82. The Morgan fingerprint density at radius 3 is 2.35 bits per heavy atom. The molecule has 0 bridgehead atoms. The molecule has 26 heavy (non-hydrogen) atoms. The molecule has 1 amide bonds. The van der Waals surface area contributed by atoms with Crippen molar-refractivity contribution in [3.8, 4) is 0 Å². The van der Waals surface area contributed by atoms with E-state index in [0.29, 0.717) is 17.8 Å². The molecule has 5 nitrogen and oxygen atoms in total. The summed E-state index contributed by atoms with van der Waals surface area (Å²) in [6.45, 7) is 3.39. The summed E-state index contributed by atoms with van der Waals surface area (Å²) in [4.78, 5) is 12.4. The van der Waals surface area contributed by atoms with Gasteiger partial charge in [-0.3, -0.25) is 4.79 Å². The molecular formula is C18H20F2N2O3S. The third-order valence-electron chi connectivity index (χ3n) is 3.69. The topological polar surface area (TPSA) is 75.3 Å². The predicted molar refractivity (Wildman–Crippen MR) is 96.8 cm³/mol. The molecule has 140 valence electrons. The maximum absolute atomic E-state index is 12.4. The van der Waals surface area contributed by atoms with E-state index in [9.17, 15) is 22.0 Å². The fourth-order valence-electron chi connectivity index (χ4n) is 2.30. The van der Waals surface area contributed by atoms with E-state index in [2.05, 4.69) is 10.6 Å². The molecule has 0 spiro atoms. The van der Waals surface area contributed by atoms with Gasteiger partial charge in [-0.25, -0.2) is 8.42 Å².